The lowest BCUT2D eigenvalue weighted by atomic mass is 10.1. The molecule has 0 aliphatic carbocycles. The summed E-state index contributed by atoms with van der Waals surface area (Å²) in [5.74, 6) is -0.986. The smallest absolute Gasteiger partial charge is 0.254 e. The van der Waals surface area contributed by atoms with Gasteiger partial charge in [-0.3, -0.25) is 9.59 Å². The van der Waals surface area contributed by atoms with E-state index in [1.807, 2.05) is 23.6 Å². The molecule has 0 spiro atoms. The largest absolute Gasteiger partial charge is 0.375 e. The number of carbonyl (C=O) groups excluding carboxylic acids is 2. The fourth-order valence-corrected chi connectivity index (χ4v) is 3.86. The highest BCUT2D eigenvalue weighted by Gasteiger charge is 2.19. The molecule has 166 valence electrons. The fraction of sp³-hybridized carbons (Fsp3) is 0.0800. The highest BCUT2D eigenvalue weighted by molar-refractivity contribution is 7.13. The number of nitrogens with two attached hydrogens (primary N) is 1. The second-order valence-electron chi connectivity index (χ2n) is 7.35. The maximum atomic E-state index is 13.3. The van der Waals surface area contributed by atoms with Crippen LogP contribution in [0.1, 0.15) is 15.9 Å². The van der Waals surface area contributed by atoms with E-state index in [4.69, 9.17) is 5.73 Å². The van der Waals surface area contributed by atoms with Crippen LogP contribution in [0.3, 0.4) is 0 Å². The van der Waals surface area contributed by atoms with E-state index >= 15 is 0 Å². The van der Waals surface area contributed by atoms with Gasteiger partial charge in [-0.05, 0) is 42.0 Å². The van der Waals surface area contributed by atoms with Crippen molar-refractivity contribution in [2.45, 2.75) is 6.54 Å². The fourth-order valence-electron chi connectivity index (χ4n) is 3.29. The molecule has 0 fully saturated rings. The van der Waals surface area contributed by atoms with Crippen LogP contribution in [0.5, 0.6) is 0 Å². The van der Waals surface area contributed by atoms with Gasteiger partial charge in [0.15, 0.2) is 5.13 Å². The zero-order valence-corrected chi connectivity index (χ0v) is 18.4. The molecule has 2 amide bonds. The van der Waals surface area contributed by atoms with E-state index < -0.39 is 0 Å². The number of nitrogens with one attached hydrogen (secondary N) is 1. The molecule has 0 saturated heterocycles. The average molecular weight is 461 g/mol. The third-order valence-corrected chi connectivity index (χ3v) is 5.59. The van der Waals surface area contributed by atoms with Crippen molar-refractivity contribution in [3.63, 3.8) is 0 Å². The monoisotopic (exact) mass is 460 g/mol. The molecule has 3 aromatic carbocycles. The van der Waals surface area contributed by atoms with Crippen molar-refractivity contribution in [1.82, 2.24) is 9.88 Å². The number of aromatic nitrogens is 1. The summed E-state index contributed by atoms with van der Waals surface area (Å²) in [6.07, 6.45) is 0. The van der Waals surface area contributed by atoms with Crippen molar-refractivity contribution < 1.29 is 14.0 Å². The van der Waals surface area contributed by atoms with Gasteiger partial charge in [0.1, 0.15) is 12.4 Å². The number of thiazole rings is 1. The van der Waals surface area contributed by atoms with Crippen molar-refractivity contribution in [2.75, 3.05) is 17.6 Å². The number of nitrogens with zero attached hydrogens (tertiary/aromatic N) is 2. The Hall–Kier alpha value is -4.04. The summed E-state index contributed by atoms with van der Waals surface area (Å²) in [4.78, 5) is 31.5. The van der Waals surface area contributed by atoms with Gasteiger partial charge in [-0.1, -0.05) is 42.5 Å². The molecule has 0 saturated carbocycles. The molecule has 3 N–H and O–H groups in total. The first kappa shape index (κ1) is 22.2. The van der Waals surface area contributed by atoms with Gasteiger partial charge in [-0.2, -0.15) is 0 Å². The Kier molecular flexibility index (Phi) is 6.75. The lowest BCUT2D eigenvalue weighted by Crippen LogP contribution is -2.37. The molecule has 0 bridgehead atoms. The van der Waals surface area contributed by atoms with E-state index in [1.54, 1.807) is 48.5 Å². The first-order valence-corrected chi connectivity index (χ1v) is 11.1. The first-order chi connectivity index (χ1) is 16.0. The first-order valence-electron chi connectivity index (χ1n) is 10.2. The lowest BCUT2D eigenvalue weighted by Gasteiger charge is -2.22. The van der Waals surface area contributed by atoms with Crippen LogP contribution in [-0.2, 0) is 11.3 Å². The minimum atomic E-state index is -0.360. The second kappa shape index (κ2) is 10.1. The van der Waals surface area contributed by atoms with Crippen molar-refractivity contribution in [3.05, 3.63) is 101 Å². The summed E-state index contributed by atoms with van der Waals surface area (Å²) in [5.41, 5.74) is 9.14. The molecular weight excluding hydrogens is 439 g/mol. The standard InChI is InChI=1S/C25H21FN4O2S/c26-20-10-6-17(7-11-20)14-30(24(32)19-4-2-1-3-5-19)15-23(31)28-21-12-8-18(9-13-21)22-16-33-25(27)29-22/h1-13,16H,14-15H2,(H2,27,29)(H,28,31). The summed E-state index contributed by atoms with van der Waals surface area (Å²) < 4.78 is 13.3. The maximum absolute atomic E-state index is 13.3. The minimum absolute atomic E-state index is 0.157. The Labute approximate surface area is 194 Å². The molecule has 6 nitrogen and oxygen atoms in total. The van der Waals surface area contributed by atoms with E-state index in [2.05, 4.69) is 10.3 Å². The van der Waals surface area contributed by atoms with Gasteiger partial charge in [0, 0.05) is 28.7 Å². The van der Waals surface area contributed by atoms with Crippen LogP contribution in [0.15, 0.2) is 84.2 Å². The van der Waals surface area contributed by atoms with Crippen molar-refractivity contribution in [2.24, 2.45) is 0 Å². The van der Waals surface area contributed by atoms with Gasteiger partial charge in [-0.15, -0.1) is 11.3 Å². The summed E-state index contributed by atoms with van der Waals surface area (Å²) in [6.45, 7) is 0.0150. The van der Waals surface area contributed by atoms with Gasteiger partial charge in [0.05, 0.1) is 5.69 Å². The summed E-state index contributed by atoms with van der Waals surface area (Å²) in [5, 5.41) is 5.18. The van der Waals surface area contributed by atoms with Crippen LogP contribution in [-0.4, -0.2) is 28.2 Å². The van der Waals surface area contributed by atoms with Crippen LogP contribution in [0.2, 0.25) is 0 Å². The predicted octanol–water partition coefficient (Wildman–Crippen LogP) is 4.81. The molecule has 0 unspecified atom stereocenters. The van der Waals surface area contributed by atoms with Crippen LogP contribution in [0.4, 0.5) is 15.2 Å². The van der Waals surface area contributed by atoms with E-state index in [9.17, 15) is 14.0 Å². The molecular formula is C25H21FN4O2S. The summed E-state index contributed by atoms with van der Waals surface area (Å²) >= 11 is 1.36. The molecule has 33 heavy (non-hydrogen) atoms. The summed E-state index contributed by atoms with van der Waals surface area (Å²) in [7, 11) is 0. The minimum Gasteiger partial charge on any atom is -0.375 e. The van der Waals surface area contributed by atoms with Gasteiger partial charge < -0.3 is 16.0 Å². The van der Waals surface area contributed by atoms with E-state index in [0.29, 0.717) is 16.4 Å². The Balaban J connectivity index is 1.47. The van der Waals surface area contributed by atoms with Crippen LogP contribution in [0, 0.1) is 5.82 Å². The molecule has 0 atom stereocenters. The molecule has 0 aliphatic rings. The molecule has 1 aromatic heterocycles. The molecule has 4 aromatic rings. The van der Waals surface area contributed by atoms with E-state index in [1.165, 1.54) is 28.4 Å². The number of halogens is 1. The quantitative estimate of drug-likeness (QED) is 0.414. The van der Waals surface area contributed by atoms with Crippen LogP contribution in [0.25, 0.3) is 11.3 Å². The summed E-state index contributed by atoms with van der Waals surface area (Å²) in [6, 6.07) is 21.8. The number of anilines is 2. The highest BCUT2D eigenvalue weighted by Crippen LogP contribution is 2.24. The van der Waals surface area contributed by atoms with Crippen LogP contribution < -0.4 is 11.1 Å². The zero-order valence-electron chi connectivity index (χ0n) is 17.6. The normalized spacial score (nSPS) is 10.6. The molecule has 4 rings (SSSR count). The molecule has 0 aliphatic heterocycles. The van der Waals surface area contributed by atoms with Gasteiger partial charge >= 0.3 is 0 Å². The number of benzene rings is 3. The predicted molar refractivity (Wildman–Crippen MR) is 128 cm³/mol. The molecule has 8 heteroatoms. The van der Waals surface area contributed by atoms with Gasteiger partial charge in [-0.25, -0.2) is 9.37 Å². The number of hydrogen-bond donors (Lipinski definition) is 2. The van der Waals surface area contributed by atoms with Crippen LogP contribution >= 0.6 is 11.3 Å². The maximum Gasteiger partial charge on any atom is 0.254 e. The number of carbonyl (C=O) groups is 2. The number of hydrogen-bond acceptors (Lipinski definition) is 5. The van der Waals surface area contributed by atoms with Crippen molar-refractivity contribution in [3.8, 4) is 11.3 Å². The number of nitrogen functional groups attached to an aromatic ring is 1. The third-order valence-electron chi connectivity index (χ3n) is 4.92. The Morgan fingerprint density at radius 1 is 0.970 bits per heavy atom. The highest BCUT2D eigenvalue weighted by atomic mass is 32.1. The topological polar surface area (TPSA) is 88.3 Å². The molecule has 1 heterocycles. The Morgan fingerprint density at radius 2 is 1.67 bits per heavy atom. The Bertz CT molecular complexity index is 1240. The lowest BCUT2D eigenvalue weighted by molar-refractivity contribution is -0.117. The average Bonchev–Trinajstić information content (AvgIpc) is 3.27. The van der Waals surface area contributed by atoms with Crippen molar-refractivity contribution in [1.29, 1.82) is 0 Å². The zero-order chi connectivity index (χ0) is 23.2. The van der Waals surface area contributed by atoms with Gasteiger partial charge in [0.2, 0.25) is 5.91 Å². The SMILES string of the molecule is Nc1nc(-c2ccc(NC(=O)CN(Cc3ccc(F)cc3)C(=O)c3ccccc3)cc2)cs1. The number of rotatable bonds is 7. The van der Waals surface area contributed by atoms with E-state index in [0.717, 1.165) is 16.8 Å². The second-order valence-corrected chi connectivity index (χ2v) is 8.24. The third kappa shape index (κ3) is 5.81. The molecule has 0 radical (unpaired) electrons. The number of amides is 2. The van der Waals surface area contributed by atoms with E-state index in [-0.39, 0.29) is 30.7 Å². The Morgan fingerprint density at radius 3 is 2.30 bits per heavy atom. The van der Waals surface area contributed by atoms with Gasteiger partial charge in [0.25, 0.3) is 5.91 Å². The van der Waals surface area contributed by atoms with Crippen molar-refractivity contribution >= 4 is 34.0 Å².